The van der Waals surface area contributed by atoms with E-state index in [0.717, 1.165) is 17.8 Å². The number of ether oxygens (including phenoxy) is 2. The molecular formula is C18H24N4O3. The van der Waals surface area contributed by atoms with E-state index in [9.17, 15) is 4.79 Å². The van der Waals surface area contributed by atoms with Gasteiger partial charge in [0.25, 0.3) is 0 Å². The zero-order chi connectivity index (χ0) is 17.6. The summed E-state index contributed by atoms with van der Waals surface area (Å²) in [6.07, 6.45) is 5.14. The molecular weight excluding hydrogens is 320 g/mol. The maximum atomic E-state index is 12.3. The van der Waals surface area contributed by atoms with Gasteiger partial charge in [0.1, 0.15) is 11.9 Å². The smallest absolute Gasteiger partial charge is 0.220 e. The van der Waals surface area contributed by atoms with E-state index >= 15 is 0 Å². The summed E-state index contributed by atoms with van der Waals surface area (Å²) in [6, 6.07) is 5.58. The second-order valence-corrected chi connectivity index (χ2v) is 6.28. The minimum Gasteiger partial charge on any atom is -0.486 e. The molecule has 1 amide bonds. The third-order valence-corrected chi connectivity index (χ3v) is 4.34. The number of hydrogen-bond donors (Lipinski definition) is 1. The van der Waals surface area contributed by atoms with Crippen LogP contribution in [0.4, 0.5) is 0 Å². The summed E-state index contributed by atoms with van der Waals surface area (Å²) in [6.45, 7) is 3.02. The van der Waals surface area contributed by atoms with Crippen molar-refractivity contribution in [1.29, 1.82) is 0 Å². The number of rotatable bonds is 6. The summed E-state index contributed by atoms with van der Waals surface area (Å²) in [5.74, 6) is 0.707. The maximum absolute atomic E-state index is 12.3. The molecule has 2 atom stereocenters. The van der Waals surface area contributed by atoms with Crippen molar-refractivity contribution in [3.05, 3.63) is 42.0 Å². The van der Waals surface area contributed by atoms with E-state index in [0.29, 0.717) is 31.8 Å². The molecule has 0 unspecified atom stereocenters. The van der Waals surface area contributed by atoms with Crippen LogP contribution in [-0.2, 0) is 23.0 Å². The number of hydrogen-bond acceptors (Lipinski definition) is 5. The van der Waals surface area contributed by atoms with E-state index in [4.69, 9.17) is 9.47 Å². The predicted octanol–water partition coefficient (Wildman–Crippen LogP) is 1.41. The van der Waals surface area contributed by atoms with Gasteiger partial charge in [-0.1, -0.05) is 0 Å². The maximum Gasteiger partial charge on any atom is 0.220 e. The number of nitrogens with one attached hydrogen (secondary N) is 1. The second-order valence-electron chi connectivity index (χ2n) is 6.28. The fraction of sp³-hybridized carbons (Fsp3) is 0.500. The van der Waals surface area contributed by atoms with E-state index in [-0.39, 0.29) is 18.1 Å². The van der Waals surface area contributed by atoms with Crippen LogP contribution in [0.25, 0.3) is 0 Å². The minimum absolute atomic E-state index is 0.00710. The van der Waals surface area contributed by atoms with Crippen molar-refractivity contribution in [3.8, 4) is 5.75 Å². The number of aryl methyl sites for hydroxylation is 3. The lowest BCUT2D eigenvalue weighted by Crippen LogP contribution is -2.51. The molecule has 0 saturated carbocycles. The molecule has 0 aliphatic carbocycles. The van der Waals surface area contributed by atoms with Gasteiger partial charge < -0.3 is 14.8 Å². The summed E-state index contributed by atoms with van der Waals surface area (Å²) in [5.41, 5.74) is 1.98. The van der Waals surface area contributed by atoms with E-state index in [1.165, 1.54) is 0 Å². The van der Waals surface area contributed by atoms with Crippen molar-refractivity contribution in [2.45, 2.75) is 38.3 Å². The number of pyridine rings is 1. The number of aromatic nitrogens is 3. The Morgan fingerprint density at radius 2 is 2.32 bits per heavy atom. The largest absolute Gasteiger partial charge is 0.486 e. The highest BCUT2D eigenvalue weighted by Crippen LogP contribution is 2.18. The molecule has 1 aliphatic heterocycles. The Hall–Kier alpha value is -2.41. The van der Waals surface area contributed by atoms with Crippen LogP contribution in [0.3, 0.4) is 0 Å². The van der Waals surface area contributed by atoms with Crippen LogP contribution in [0.5, 0.6) is 5.75 Å². The molecule has 1 fully saturated rings. The number of nitrogens with zero attached hydrogens (tertiary/aromatic N) is 3. The third-order valence-electron chi connectivity index (χ3n) is 4.34. The monoisotopic (exact) mass is 344 g/mol. The number of carbonyl (C=O) groups is 1. The van der Waals surface area contributed by atoms with Gasteiger partial charge in [0.15, 0.2) is 0 Å². The zero-order valence-electron chi connectivity index (χ0n) is 14.6. The van der Waals surface area contributed by atoms with Crippen LogP contribution in [0.1, 0.15) is 24.2 Å². The Labute approximate surface area is 147 Å². The van der Waals surface area contributed by atoms with Gasteiger partial charge in [-0.2, -0.15) is 5.10 Å². The average Bonchev–Trinajstić information content (AvgIpc) is 3.02. The first-order valence-electron chi connectivity index (χ1n) is 8.55. The number of carbonyl (C=O) groups excluding carboxylic acids is 1. The highest BCUT2D eigenvalue weighted by molar-refractivity contribution is 5.76. The molecule has 3 heterocycles. The number of amides is 1. The molecule has 0 aromatic carbocycles. The van der Waals surface area contributed by atoms with Crippen molar-refractivity contribution >= 4 is 5.91 Å². The summed E-state index contributed by atoms with van der Waals surface area (Å²) in [5, 5.41) is 7.16. The Morgan fingerprint density at radius 1 is 1.44 bits per heavy atom. The van der Waals surface area contributed by atoms with Crippen molar-refractivity contribution < 1.29 is 14.3 Å². The van der Waals surface area contributed by atoms with Crippen molar-refractivity contribution in [3.63, 3.8) is 0 Å². The molecule has 2 aromatic heterocycles. The van der Waals surface area contributed by atoms with Crippen LogP contribution in [0.15, 0.2) is 30.6 Å². The lowest BCUT2D eigenvalue weighted by molar-refractivity contribution is -0.124. The highest BCUT2D eigenvalue weighted by Gasteiger charge is 2.29. The fourth-order valence-electron chi connectivity index (χ4n) is 2.86. The molecule has 25 heavy (non-hydrogen) atoms. The molecule has 0 bridgehead atoms. The summed E-state index contributed by atoms with van der Waals surface area (Å²) < 4.78 is 13.3. The van der Waals surface area contributed by atoms with Crippen molar-refractivity contribution in [1.82, 2.24) is 20.1 Å². The van der Waals surface area contributed by atoms with Gasteiger partial charge in [-0.3, -0.25) is 14.5 Å². The standard InChI is InChI=1S/C18H24N4O3/c1-13-3-5-15(11-19-13)25-17-8-10-24-12-16(17)21-18(23)6-4-14-7-9-20-22(14)2/h3,5,7,9,11,16-17H,4,6,8,10,12H2,1-2H3,(H,21,23)/t16-,17+/m1/s1. The van der Waals surface area contributed by atoms with E-state index < -0.39 is 0 Å². The van der Waals surface area contributed by atoms with Crippen LogP contribution >= 0.6 is 0 Å². The molecule has 7 heteroatoms. The van der Waals surface area contributed by atoms with Gasteiger partial charge in [-0.05, 0) is 31.5 Å². The first-order valence-corrected chi connectivity index (χ1v) is 8.55. The SMILES string of the molecule is Cc1ccc(O[C@H]2CCOC[C@H]2NC(=O)CCc2ccnn2C)cn1. The van der Waals surface area contributed by atoms with Crippen LogP contribution in [0.2, 0.25) is 0 Å². The fourth-order valence-corrected chi connectivity index (χ4v) is 2.86. The molecule has 1 N–H and O–H groups in total. The Bertz CT molecular complexity index is 699. The van der Waals surface area contributed by atoms with Gasteiger partial charge in [-0.25, -0.2) is 0 Å². The Kier molecular flexibility index (Phi) is 5.65. The first kappa shape index (κ1) is 17.4. The van der Waals surface area contributed by atoms with Crippen LogP contribution < -0.4 is 10.1 Å². The lowest BCUT2D eigenvalue weighted by atomic mass is 10.1. The summed E-state index contributed by atoms with van der Waals surface area (Å²) in [4.78, 5) is 16.5. The summed E-state index contributed by atoms with van der Waals surface area (Å²) in [7, 11) is 1.88. The van der Waals surface area contributed by atoms with E-state index in [2.05, 4.69) is 15.4 Å². The quantitative estimate of drug-likeness (QED) is 0.857. The average molecular weight is 344 g/mol. The second kappa shape index (κ2) is 8.11. The molecule has 1 saturated heterocycles. The molecule has 134 valence electrons. The van der Waals surface area contributed by atoms with E-state index in [1.807, 2.05) is 32.2 Å². The van der Waals surface area contributed by atoms with Crippen LogP contribution in [-0.4, -0.2) is 46.0 Å². The normalized spacial score (nSPS) is 20.2. The van der Waals surface area contributed by atoms with Gasteiger partial charge in [0.2, 0.25) is 5.91 Å². The van der Waals surface area contributed by atoms with Crippen molar-refractivity contribution in [2.75, 3.05) is 13.2 Å². The lowest BCUT2D eigenvalue weighted by Gasteiger charge is -2.32. The first-order chi connectivity index (χ1) is 12.1. The molecule has 7 nitrogen and oxygen atoms in total. The zero-order valence-corrected chi connectivity index (χ0v) is 14.6. The van der Waals surface area contributed by atoms with Crippen molar-refractivity contribution in [2.24, 2.45) is 7.05 Å². The van der Waals surface area contributed by atoms with Crippen LogP contribution in [0, 0.1) is 6.92 Å². The Balaban J connectivity index is 1.54. The summed E-state index contributed by atoms with van der Waals surface area (Å²) >= 11 is 0. The molecule has 3 rings (SSSR count). The van der Waals surface area contributed by atoms with Gasteiger partial charge >= 0.3 is 0 Å². The third kappa shape index (κ3) is 4.79. The molecule has 2 aromatic rings. The molecule has 1 aliphatic rings. The predicted molar refractivity (Wildman–Crippen MR) is 92.3 cm³/mol. The minimum atomic E-state index is -0.158. The van der Waals surface area contributed by atoms with Gasteiger partial charge in [0, 0.05) is 37.5 Å². The Morgan fingerprint density at radius 3 is 3.04 bits per heavy atom. The van der Waals surface area contributed by atoms with E-state index in [1.54, 1.807) is 17.1 Å². The molecule has 0 spiro atoms. The topological polar surface area (TPSA) is 78.3 Å². The molecule has 0 radical (unpaired) electrons. The highest BCUT2D eigenvalue weighted by atomic mass is 16.5. The van der Waals surface area contributed by atoms with Gasteiger partial charge in [-0.15, -0.1) is 0 Å². The van der Waals surface area contributed by atoms with Gasteiger partial charge in [0.05, 0.1) is 25.5 Å².